The Bertz CT molecular complexity index is 372. The summed E-state index contributed by atoms with van der Waals surface area (Å²) in [4.78, 5) is 10.3. The third-order valence-corrected chi connectivity index (χ3v) is 4.03. The van der Waals surface area contributed by atoms with Crippen molar-refractivity contribution in [2.45, 2.75) is 6.10 Å². The molecule has 0 aromatic heterocycles. The molecule has 15 heavy (non-hydrogen) atoms. The zero-order valence-electron chi connectivity index (χ0n) is 7.58. The molecular formula is C9H9BrINO3. The highest BCUT2D eigenvalue weighted by Gasteiger charge is 2.12. The van der Waals surface area contributed by atoms with Gasteiger partial charge in [0.1, 0.15) is 0 Å². The van der Waals surface area contributed by atoms with Gasteiger partial charge in [0.2, 0.25) is 0 Å². The normalized spacial score (nSPS) is 12.2. The summed E-state index contributed by atoms with van der Waals surface area (Å²) < 4.78 is 2.00. The lowest BCUT2D eigenvalue weighted by molar-refractivity contribution is -0.145. The van der Waals surface area contributed by atoms with Crippen molar-refractivity contribution in [3.63, 3.8) is 0 Å². The fourth-order valence-electron chi connectivity index (χ4n) is 0.908. The van der Waals surface area contributed by atoms with Gasteiger partial charge in [0, 0.05) is 13.7 Å². The molecule has 0 heterocycles. The molecule has 0 spiro atoms. The number of carboxylic acids is 1. The number of nitrogens with one attached hydrogen (secondary N) is 1. The van der Waals surface area contributed by atoms with E-state index in [1.807, 2.05) is 12.1 Å². The number of rotatable bonds is 4. The highest BCUT2D eigenvalue weighted by molar-refractivity contribution is 14.1. The Balaban J connectivity index is 2.58. The highest BCUT2D eigenvalue weighted by Crippen LogP contribution is 2.22. The summed E-state index contributed by atoms with van der Waals surface area (Å²) >= 11 is 5.51. The number of benzene rings is 1. The van der Waals surface area contributed by atoms with Crippen molar-refractivity contribution in [1.29, 1.82) is 0 Å². The quantitative estimate of drug-likeness (QED) is 0.692. The maximum Gasteiger partial charge on any atom is 0.334 e. The van der Waals surface area contributed by atoms with Crippen LogP contribution in [0.5, 0.6) is 0 Å². The lowest BCUT2D eigenvalue weighted by Gasteiger charge is -2.09. The molecule has 1 unspecified atom stereocenters. The van der Waals surface area contributed by atoms with Crippen LogP contribution in [0.4, 0.5) is 5.69 Å². The number of aliphatic carboxylic acids is 1. The number of anilines is 1. The van der Waals surface area contributed by atoms with E-state index in [-0.39, 0.29) is 6.54 Å². The number of halogens is 2. The molecule has 0 radical (unpaired) electrons. The zero-order chi connectivity index (χ0) is 11.4. The molecule has 82 valence electrons. The van der Waals surface area contributed by atoms with Crippen LogP contribution in [0.15, 0.2) is 22.7 Å². The van der Waals surface area contributed by atoms with Crippen LogP contribution in [0.2, 0.25) is 0 Å². The summed E-state index contributed by atoms with van der Waals surface area (Å²) in [5.74, 6) is -1.23. The van der Waals surface area contributed by atoms with Crippen LogP contribution in [0, 0.1) is 3.57 Å². The maximum absolute atomic E-state index is 10.3. The molecule has 1 rings (SSSR count). The van der Waals surface area contributed by atoms with E-state index in [2.05, 4.69) is 43.8 Å². The Morgan fingerprint density at radius 1 is 1.60 bits per heavy atom. The smallest absolute Gasteiger partial charge is 0.334 e. The van der Waals surface area contributed by atoms with Gasteiger partial charge in [-0.15, -0.1) is 0 Å². The predicted molar refractivity (Wildman–Crippen MR) is 69.0 cm³/mol. The van der Waals surface area contributed by atoms with Crippen LogP contribution in [-0.2, 0) is 4.79 Å². The minimum atomic E-state index is -1.38. The molecule has 0 aliphatic rings. The van der Waals surface area contributed by atoms with Gasteiger partial charge in [0.15, 0.2) is 6.10 Å². The summed E-state index contributed by atoms with van der Waals surface area (Å²) in [5, 5.41) is 20.3. The molecule has 1 aromatic carbocycles. The van der Waals surface area contributed by atoms with Crippen LogP contribution in [0.25, 0.3) is 0 Å². The number of aliphatic hydroxyl groups excluding tert-OH is 1. The Morgan fingerprint density at radius 2 is 2.27 bits per heavy atom. The van der Waals surface area contributed by atoms with Gasteiger partial charge in [-0.25, -0.2) is 4.79 Å². The van der Waals surface area contributed by atoms with Gasteiger partial charge < -0.3 is 15.5 Å². The molecule has 0 aliphatic heterocycles. The van der Waals surface area contributed by atoms with E-state index in [1.54, 1.807) is 6.07 Å². The van der Waals surface area contributed by atoms with E-state index in [9.17, 15) is 4.79 Å². The topological polar surface area (TPSA) is 69.6 Å². The molecule has 0 bridgehead atoms. The lowest BCUT2D eigenvalue weighted by atomic mass is 10.3. The fourth-order valence-corrected chi connectivity index (χ4v) is 1.67. The average Bonchev–Trinajstić information content (AvgIpc) is 2.19. The summed E-state index contributed by atoms with van der Waals surface area (Å²) in [6.07, 6.45) is -1.38. The number of carboxylic acid groups (broad SMARTS) is 1. The number of hydrogen-bond donors (Lipinski definition) is 3. The van der Waals surface area contributed by atoms with Gasteiger partial charge in [-0.1, -0.05) is 0 Å². The average molecular weight is 386 g/mol. The molecule has 1 atom stereocenters. The zero-order valence-corrected chi connectivity index (χ0v) is 11.3. The monoisotopic (exact) mass is 385 g/mol. The second-order valence-electron chi connectivity index (χ2n) is 2.86. The summed E-state index contributed by atoms with van der Waals surface area (Å²) in [7, 11) is 0. The van der Waals surface area contributed by atoms with Crippen molar-refractivity contribution in [2.24, 2.45) is 0 Å². The molecule has 0 saturated heterocycles. The first-order chi connectivity index (χ1) is 7.00. The Hall–Kier alpha value is -0.340. The van der Waals surface area contributed by atoms with Crippen LogP contribution < -0.4 is 5.32 Å². The molecule has 6 heteroatoms. The predicted octanol–water partition coefficient (Wildman–Crippen LogP) is 1.91. The lowest BCUT2D eigenvalue weighted by Crippen LogP contribution is -2.28. The Labute approximate surface area is 109 Å². The van der Waals surface area contributed by atoms with E-state index in [1.165, 1.54) is 0 Å². The first kappa shape index (κ1) is 12.7. The van der Waals surface area contributed by atoms with E-state index < -0.39 is 12.1 Å². The molecule has 0 fully saturated rings. The second kappa shape index (κ2) is 5.66. The number of hydrogen-bond acceptors (Lipinski definition) is 3. The third kappa shape index (κ3) is 3.96. The number of carbonyl (C=O) groups is 1. The van der Waals surface area contributed by atoms with Crippen molar-refractivity contribution in [2.75, 3.05) is 11.9 Å². The molecule has 4 nitrogen and oxygen atoms in total. The van der Waals surface area contributed by atoms with Gasteiger partial charge in [-0.05, 0) is 56.7 Å². The highest BCUT2D eigenvalue weighted by atomic mass is 127. The summed E-state index contributed by atoms with van der Waals surface area (Å²) in [5.41, 5.74) is 0.780. The van der Waals surface area contributed by atoms with Crippen LogP contribution in [0.1, 0.15) is 0 Å². The van der Waals surface area contributed by atoms with E-state index >= 15 is 0 Å². The fraction of sp³-hybridized carbons (Fsp3) is 0.222. The van der Waals surface area contributed by atoms with Crippen LogP contribution in [-0.4, -0.2) is 28.8 Å². The van der Waals surface area contributed by atoms with Crippen LogP contribution >= 0.6 is 38.5 Å². The van der Waals surface area contributed by atoms with Crippen molar-refractivity contribution in [3.8, 4) is 0 Å². The molecule has 1 aromatic rings. The Morgan fingerprint density at radius 3 is 2.80 bits per heavy atom. The van der Waals surface area contributed by atoms with Crippen molar-refractivity contribution in [1.82, 2.24) is 0 Å². The first-order valence-electron chi connectivity index (χ1n) is 4.10. The molecule has 0 saturated carbocycles. The SMILES string of the molecule is O=C(O)C(O)CNc1ccc(Br)c(I)c1. The molecule has 0 aliphatic carbocycles. The minimum Gasteiger partial charge on any atom is -0.479 e. The third-order valence-electron chi connectivity index (χ3n) is 1.70. The van der Waals surface area contributed by atoms with E-state index in [0.29, 0.717) is 0 Å². The van der Waals surface area contributed by atoms with Gasteiger partial charge in [0.05, 0.1) is 6.54 Å². The van der Waals surface area contributed by atoms with Crippen molar-refractivity contribution >= 4 is 50.2 Å². The number of aliphatic hydroxyl groups is 1. The van der Waals surface area contributed by atoms with E-state index in [0.717, 1.165) is 13.7 Å². The van der Waals surface area contributed by atoms with E-state index in [4.69, 9.17) is 10.2 Å². The van der Waals surface area contributed by atoms with Crippen LogP contribution in [0.3, 0.4) is 0 Å². The van der Waals surface area contributed by atoms with Gasteiger partial charge in [0.25, 0.3) is 0 Å². The van der Waals surface area contributed by atoms with Gasteiger partial charge in [-0.2, -0.15) is 0 Å². The van der Waals surface area contributed by atoms with Gasteiger partial charge >= 0.3 is 5.97 Å². The maximum atomic E-state index is 10.3. The standard InChI is InChI=1S/C9H9BrINO3/c10-6-2-1-5(3-7(6)11)12-4-8(13)9(14)15/h1-3,8,12-13H,4H2,(H,14,15). The first-order valence-corrected chi connectivity index (χ1v) is 5.97. The molecule has 0 amide bonds. The molecular weight excluding hydrogens is 377 g/mol. The van der Waals surface area contributed by atoms with Crippen molar-refractivity contribution in [3.05, 3.63) is 26.2 Å². The van der Waals surface area contributed by atoms with Crippen molar-refractivity contribution < 1.29 is 15.0 Å². The summed E-state index contributed by atoms with van der Waals surface area (Å²) in [6.45, 7) is -0.00690. The Kier molecular flexibility index (Phi) is 4.81. The minimum absolute atomic E-state index is 0.00690. The van der Waals surface area contributed by atoms with Gasteiger partial charge in [-0.3, -0.25) is 0 Å². The largest absolute Gasteiger partial charge is 0.479 e. The second-order valence-corrected chi connectivity index (χ2v) is 4.88. The molecule has 3 N–H and O–H groups in total. The summed E-state index contributed by atoms with van der Waals surface area (Å²) in [6, 6.07) is 5.53.